The maximum Gasteiger partial charge on any atom is 0.315 e. The molecule has 1 saturated carbocycles. The number of amides is 3. The first-order valence-corrected chi connectivity index (χ1v) is 7.02. The van der Waals surface area contributed by atoms with E-state index in [4.69, 9.17) is 5.11 Å². The normalized spacial score (nSPS) is 16.4. The molecule has 0 spiro atoms. The van der Waals surface area contributed by atoms with Crippen molar-refractivity contribution in [3.8, 4) is 0 Å². The second-order valence-corrected chi connectivity index (χ2v) is 5.14. The average molecular weight is 285 g/mol. The molecular weight excluding hydrogens is 262 g/mol. The van der Waals surface area contributed by atoms with E-state index in [2.05, 4.69) is 16.0 Å². The van der Waals surface area contributed by atoms with Crippen LogP contribution in [0.25, 0.3) is 0 Å². The highest BCUT2D eigenvalue weighted by Crippen LogP contribution is 2.32. The summed E-state index contributed by atoms with van der Waals surface area (Å²) >= 11 is 0. The van der Waals surface area contributed by atoms with Crippen molar-refractivity contribution < 1.29 is 19.5 Å². The first kappa shape index (κ1) is 16.3. The van der Waals surface area contributed by atoms with Crippen molar-refractivity contribution in [2.24, 2.45) is 0 Å². The number of carboxylic acids is 1. The Hall–Kier alpha value is -1.79. The maximum absolute atomic E-state index is 11.8. The number of nitrogens with one attached hydrogen (secondary N) is 3. The Morgan fingerprint density at radius 3 is 2.35 bits per heavy atom. The van der Waals surface area contributed by atoms with Crippen molar-refractivity contribution in [2.75, 3.05) is 13.1 Å². The number of aliphatic carboxylic acids is 1. The summed E-state index contributed by atoms with van der Waals surface area (Å²) in [6, 6.07) is -0.405. The van der Waals surface area contributed by atoms with Gasteiger partial charge in [0, 0.05) is 19.5 Å². The summed E-state index contributed by atoms with van der Waals surface area (Å²) in [5, 5.41) is 16.9. The molecule has 0 aromatic rings. The fraction of sp³-hybridized carbons (Fsp3) is 0.769. The molecule has 1 rings (SSSR count). The van der Waals surface area contributed by atoms with Gasteiger partial charge in [0.1, 0.15) is 0 Å². The van der Waals surface area contributed by atoms with E-state index in [1.54, 1.807) is 0 Å². The van der Waals surface area contributed by atoms with Gasteiger partial charge in [0.2, 0.25) is 5.91 Å². The summed E-state index contributed by atoms with van der Waals surface area (Å²) in [6.07, 6.45) is 3.37. The summed E-state index contributed by atoms with van der Waals surface area (Å²) < 4.78 is 0. The van der Waals surface area contributed by atoms with Crippen molar-refractivity contribution in [1.29, 1.82) is 0 Å². The highest BCUT2D eigenvalue weighted by Gasteiger charge is 2.37. The molecule has 4 N–H and O–H groups in total. The molecular formula is C13H23N3O4. The summed E-state index contributed by atoms with van der Waals surface area (Å²) in [7, 11) is 0. The van der Waals surface area contributed by atoms with E-state index in [1.165, 1.54) is 0 Å². The lowest BCUT2D eigenvalue weighted by molar-refractivity contribution is -0.138. The highest BCUT2D eigenvalue weighted by molar-refractivity contribution is 5.79. The molecule has 20 heavy (non-hydrogen) atoms. The van der Waals surface area contributed by atoms with E-state index in [0.29, 0.717) is 19.4 Å². The second kappa shape index (κ2) is 7.72. The molecule has 0 radical (unpaired) electrons. The molecule has 114 valence electrons. The largest absolute Gasteiger partial charge is 0.481 e. The van der Waals surface area contributed by atoms with Crippen LogP contribution in [0.2, 0.25) is 0 Å². The second-order valence-electron chi connectivity index (χ2n) is 5.14. The molecule has 0 aliphatic heterocycles. The minimum atomic E-state index is -0.908. The smallest absolute Gasteiger partial charge is 0.315 e. The van der Waals surface area contributed by atoms with Crippen LogP contribution < -0.4 is 16.0 Å². The van der Waals surface area contributed by atoms with Gasteiger partial charge in [0.15, 0.2) is 0 Å². The topological polar surface area (TPSA) is 108 Å². The zero-order chi connectivity index (χ0) is 15.0. The summed E-state index contributed by atoms with van der Waals surface area (Å²) in [5.41, 5.74) is -0.637. The predicted molar refractivity (Wildman–Crippen MR) is 73.3 cm³/mol. The zero-order valence-electron chi connectivity index (χ0n) is 11.8. The Morgan fingerprint density at radius 1 is 1.15 bits per heavy atom. The van der Waals surface area contributed by atoms with Gasteiger partial charge in [-0.2, -0.15) is 0 Å². The van der Waals surface area contributed by atoms with Gasteiger partial charge < -0.3 is 21.1 Å². The molecule has 0 bridgehead atoms. The lowest BCUT2D eigenvalue weighted by Gasteiger charge is -2.28. The number of carboxylic acid groups (broad SMARTS) is 1. The Balaban J connectivity index is 2.35. The Kier molecular flexibility index (Phi) is 6.27. The third-order valence-electron chi connectivity index (χ3n) is 3.44. The maximum atomic E-state index is 11.8. The number of hydrogen-bond donors (Lipinski definition) is 4. The molecule has 7 heteroatoms. The van der Waals surface area contributed by atoms with Gasteiger partial charge in [-0.25, -0.2) is 4.79 Å². The van der Waals surface area contributed by atoms with Crippen LogP contribution >= 0.6 is 0 Å². The van der Waals surface area contributed by atoms with Gasteiger partial charge in [-0.15, -0.1) is 0 Å². The van der Waals surface area contributed by atoms with E-state index >= 15 is 0 Å². The highest BCUT2D eigenvalue weighted by atomic mass is 16.4. The molecule has 3 amide bonds. The van der Waals surface area contributed by atoms with Gasteiger partial charge in [-0.05, 0) is 19.8 Å². The van der Waals surface area contributed by atoms with Gasteiger partial charge in [-0.3, -0.25) is 9.59 Å². The molecule has 0 atom stereocenters. The Labute approximate surface area is 118 Å². The molecule has 0 unspecified atom stereocenters. The van der Waals surface area contributed by atoms with Crippen LogP contribution in [0.5, 0.6) is 0 Å². The third-order valence-corrected chi connectivity index (χ3v) is 3.44. The molecule has 1 aliphatic carbocycles. The van der Waals surface area contributed by atoms with Crippen LogP contribution in [0.4, 0.5) is 4.79 Å². The molecule has 1 aliphatic rings. The van der Waals surface area contributed by atoms with Gasteiger partial charge >= 0.3 is 12.0 Å². The number of hydrogen-bond acceptors (Lipinski definition) is 3. The molecule has 0 aromatic heterocycles. The lowest BCUT2D eigenvalue weighted by atomic mass is 9.93. The van der Waals surface area contributed by atoms with Crippen molar-refractivity contribution in [1.82, 2.24) is 16.0 Å². The minimum Gasteiger partial charge on any atom is -0.481 e. The number of urea groups is 1. The number of rotatable bonds is 7. The number of carbonyl (C=O) groups is 3. The fourth-order valence-electron chi connectivity index (χ4n) is 2.55. The zero-order valence-corrected chi connectivity index (χ0v) is 11.8. The standard InChI is InChI=1S/C13H23N3O4/c1-2-14-10(17)5-8-15-12(20)16-13(9-11(18)19)6-3-4-7-13/h2-9H2,1H3,(H,14,17)(H,18,19)(H2,15,16,20). The molecule has 7 nitrogen and oxygen atoms in total. The minimum absolute atomic E-state index is 0.0588. The van der Waals surface area contributed by atoms with Crippen molar-refractivity contribution in [3.63, 3.8) is 0 Å². The summed E-state index contributed by atoms with van der Waals surface area (Å²) in [6.45, 7) is 2.63. The SMILES string of the molecule is CCNC(=O)CCNC(=O)NC1(CC(=O)O)CCCC1. The van der Waals surface area contributed by atoms with Crippen LogP contribution in [0.15, 0.2) is 0 Å². The van der Waals surface area contributed by atoms with Crippen LogP contribution in [0.1, 0.15) is 45.4 Å². The van der Waals surface area contributed by atoms with Crippen LogP contribution in [0, 0.1) is 0 Å². The summed E-state index contributed by atoms with van der Waals surface area (Å²) in [5.74, 6) is -1.02. The van der Waals surface area contributed by atoms with Crippen LogP contribution in [-0.4, -0.2) is 41.6 Å². The van der Waals surface area contributed by atoms with Crippen molar-refractivity contribution >= 4 is 17.9 Å². The van der Waals surface area contributed by atoms with Crippen LogP contribution in [-0.2, 0) is 9.59 Å². The van der Waals surface area contributed by atoms with Crippen molar-refractivity contribution in [3.05, 3.63) is 0 Å². The van der Waals surface area contributed by atoms with Gasteiger partial charge in [-0.1, -0.05) is 12.8 Å². The van der Waals surface area contributed by atoms with E-state index in [1.807, 2.05) is 6.92 Å². The molecule has 0 aromatic carbocycles. The number of carbonyl (C=O) groups excluding carboxylic acids is 2. The lowest BCUT2D eigenvalue weighted by Crippen LogP contribution is -2.52. The third kappa shape index (κ3) is 5.46. The molecule has 0 heterocycles. The fourth-order valence-corrected chi connectivity index (χ4v) is 2.55. The monoisotopic (exact) mass is 285 g/mol. The van der Waals surface area contributed by atoms with Gasteiger partial charge in [0.25, 0.3) is 0 Å². The van der Waals surface area contributed by atoms with E-state index in [9.17, 15) is 14.4 Å². The first-order valence-electron chi connectivity index (χ1n) is 7.02. The van der Waals surface area contributed by atoms with E-state index < -0.39 is 17.5 Å². The Bertz CT molecular complexity index is 365. The quantitative estimate of drug-likeness (QED) is 0.549. The van der Waals surface area contributed by atoms with Gasteiger partial charge in [0.05, 0.1) is 12.0 Å². The molecule has 1 fully saturated rings. The van der Waals surface area contributed by atoms with Crippen LogP contribution in [0.3, 0.4) is 0 Å². The molecule has 0 saturated heterocycles. The Morgan fingerprint density at radius 2 is 1.80 bits per heavy atom. The van der Waals surface area contributed by atoms with Crippen molar-refractivity contribution in [2.45, 2.75) is 51.0 Å². The first-order chi connectivity index (χ1) is 9.47. The summed E-state index contributed by atoms with van der Waals surface area (Å²) in [4.78, 5) is 33.9. The van der Waals surface area contributed by atoms with E-state index in [0.717, 1.165) is 12.8 Å². The van der Waals surface area contributed by atoms with E-state index in [-0.39, 0.29) is 25.3 Å². The average Bonchev–Trinajstić information content (AvgIpc) is 2.76. The predicted octanol–water partition coefficient (Wildman–Crippen LogP) is 0.599.